The van der Waals surface area contributed by atoms with Gasteiger partial charge in [-0.25, -0.2) is 4.39 Å². The van der Waals surface area contributed by atoms with Crippen LogP contribution in [-0.2, 0) is 4.79 Å². The summed E-state index contributed by atoms with van der Waals surface area (Å²) in [5.41, 5.74) is -0.239. The second-order valence-corrected chi connectivity index (χ2v) is 4.25. The van der Waals surface area contributed by atoms with Gasteiger partial charge in [-0.2, -0.15) is 0 Å². The van der Waals surface area contributed by atoms with Crippen LogP contribution in [0.4, 0.5) is 4.39 Å². The Labute approximate surface area is 116 Å². The van der Waals surface area contributed by atoms with Crippen molar-refractivity contribution in [2.75, 3.05) is 19.6 Å². The highest BCUT2D eigenvalue weighted by Gasteiger charge is 2.17. The Hall–Kier alpha value is -1.62. The lowest BCUT2D eigenvalue weighted by molar-refractivity contribution is -0.129. The number of carbonyl (C=O) groups excluding carboxylic acids is 2. The number of hydrogen-bond acceptors (Lipinski definition) is 2. The van der Waals surface area contributed by atoms with Gasteiger partial charge in [0.2, 0.25) is 5.91 Å². The molecule has 0 saturated carbocycles. The van der Waals surface area contributed by atoms with E-state index in [1.807, 2.05) is 13.8 Å². The predicted octanol–water partition coefficient (Wildman–Crippen LogP) is 2.08. The van der Waals surface area contributed by atoms with Crippen molar-refractivity contribution < 1.29 is 14.0 Å². The monoisotopic (exact) mass is 286 g/mol. The highest BCUT2D eigenvalue weighted by molar-refractivity contribution is 6.33. The zero-order valence-electron chi connectivity index (χ0n) is 10.9. The minimum Gasteiger partial charge on any atom is -0.343 e. The number of hydrogen-bond donors (Lipinski definition) is 1. The molecule has 0 aliphatic carbocycles. The Kier molecular flexibility index (Phi) is 5.76. The Morgan fingerprint density at radius 1 is 1.32 bits per heavy atom. The molecule has 0 heterocycles. The summed E-state index contributed by atoms with van der Waals surface area (Å²) in [5.74, 6) is -1.62. The molecule has 0 atom stereocenters. The highest BCUT2D eigenvalue weighted by Crippen LogP contribution is 2.18. The summed E-state index contributed by atoms with van der Waals surface area (Å²) in [6, 6.07) is 3.98. The van der Waals surface area contributed by atoms with Gasteiger partial charge in [0.15, 0.2) is 0 Å². The van der Waals surface area contributed by atoms with Gasteiger partial charge in [0, 0.05) is 13.1 Å². The molecule has 0 unspecified atom stereocenters. The summed E-state index contributed by atoms with van der Waals surface area (Å²) in [6.45, 7) is 4.64. The fourth-order valence-corrected chi connectivity index (χ4v) is 1.90. The Balaban J connectivity index is 2.69. The van der Waals surface area contributed by atoms with E-state index in [9.17, 15) is 14.0 Å². The first-order valence-electron chi connectivity index (χ1n) is 6.01. The average molecular weight is 287 g/mol. The van der Waals surface area contributed by atoms with Crippen molar-refractivity contribution in [1.29, 1.82) is 0 Å². The third-order valence-corrected chi connectivity index (χ3v) is 3.02. The first kappa shape index (κ1) is 15.4. The van der Waals surface area contributed by atoms with Crippen molar-refractivity contribution in [3.63, 3.8) is 0 Å². The van der Waals surface area contributed by atoms with Crippen LogP contribution in [0.3, 0.4) is 0 Å². The third-order valence-electron chi connectivity index (χ3n) is 2.71. The number of likely N-dealkylation sites (N-methyl/N-ethyl adjacent to an activating group) is 1. The second kappa shape index (κ2) is 7.09. The molecule has 1 rings (SSSR count). The number of nitrogens with one attached hydrogen (secondary N) is 1. The molecule has 4 nitrogen and oxygen atoms in total. The smallest absolute Gasteiger partial charge is 0.256 e. The van der Waals surface area contributed by atoms with E-state index in [0.29, 0.717) is 13.1 Å². The molecule has 0 aromatic heterocycles. The van der Waals surface area contributed by atoms with Crippen molar-refractivity contribution in [2.45, 2.75) is 13.8 Å². The molecule has 104 valence electrons. The Morgan fingerprint density at radius 3 is 2.47 bits per heavy atom. The van der Waals surface area contributed by atoms with Gasteiger partial charge in [0.1, 0.15) is 5.82 Å². The zero-order valence-corrected chi connectivity index (χ0v) is 11.6. The van der Waals surface area contributed by atoms with Crippen molar-refractivity contribution in [2.24, 2.45) is 0 Å². The van der Waals surface area contributed by atoms with Gasteiger partial charge in [-0.3, -0.25) is 9.59 Å². The van der Waals surface area contributed by atoms with E-state index in [0.717, 1.165) is 6.07 Å². The fraction of sp³-hybridized carbons (Fsp3) is 0.385. The van der Waals surface area contributed by atoms with E-state index >= 15 is 0 Å². The Bertz CT molecular complexity index is 455. The molecule has 0 fully saturated rings. The summed E-state index contributed by atoms with van der Waals surface area (Å²) < 4.78 is 13.5. The molecule has 6 heteroatoms. The first-order chi connectivity index (χ1) is 9.01. The van der Waals surface area contributed by atoms with E-state index < -0.39 is 11.7 Å². The molecular formula is C13H16ClFN2O2. The number of rotatable bonds is 5. The molecule has 1 aromatic carbocycles. The van der Waals surface area contributed by atoms with Gasteiger partial charge in [0.05, 0.1) is 17.1 Å². The molecule has 2 amide bonds. The zero-order chi connectivity index (χ0) is 14.4. The van der Waals surface area contributed by atoms with Crippen molar-refractivity contribution >= 4 is 23.4 Å². The molecule has 1 aromatic rings. The predicted molar refractivity (Wildman–Crippen MR) is 71.7 cm³/mol. The molecule has 0 aliphatic heterocycles. The lowest BCUT2D eigenvalue weighted by atomic mass is 10.2. The topological polar surface area (TPSA) is 49.4 Å². The van der Waals surface area contributed by atoms with Crippen LogP contribution in [0.15, 0.2) is 18.2 Å². The molecule has 0 radical (unpaired) electrons. The molecule has 19 heavy (non-hydrogen) atoms. The maximum atomic E-state index is 13.5. The SMILES string of the molecule is CCN(CC)C(=O)CNC(=O)c1c(F)cccc1Cl. The minimum absolute atomic E-state index is 0.0211. The summed E-state index contributed by atoms with van der Waals surface area (Å²) in [4.78, 5) is 25.1. The Morgan fingerprint density at radius 2 is 1.95 bits per heavy atom. The van der Waals surface area contributed by atoms with Gasteiger partial charge < -0.3 is 10.2 Å². The van der Waals surface area contributed by atoms with Crippen LogP contribution in [0, 0.1) is 5.82 Å². The van der Waals surface area contributed by atoms with Gasteiger partial charge >= 0.3 is 0 Å². The lowest BCUT2D eigenvalue weighted by Crippen LogP contribution is -2.40. The van der Waals surface area contributed by atoms with Crippen LogP contribution in [0.1, 0.15) is 24.2 Å². The lowest BCUT2D eigenvalue weighted by Gasteiger charge is -2.18. The summed E-state index contributed by atoms with van der Waals surface area (Å²) in [7, 11) is 0. The molecule has 0 spiro atoms. The number of carbonyl (C=O) groups is 2. The van der Waals surface area contributed by atoms with E-state index in [2.05, 4.69) is 5.32 Å². The molecular weight excluding hydrogens is 271 g/mol. The maximum Gasteiger partial charge on any atom is 0.256 e. The molecule has 1 N–H and O–H groups in total. The summed E-state index contributed by atoms with van der Waals surface area (Å²) in [5, 5.41) is 2.40. The second-order valence-electron chi connectivity index (χ2n) is 3.85. The quantitative estimate of drug-likeness (QED) is 0.901. The van der Waals surface area contributed by atoms with Crippen LogP contribution < -0.4 is 5.32 Å². The highest BCUT2D eigenvalue weighted by atomic mass is 35.5. The fourth-order valence-electron chi connectivity index (χ4n) is 1.65. The van der Waals surface area contributed by atoms with Crippen molar-refractivity contribution in [1.82, 2.24) is 10.2 Å². The van der Waals surface area contributed by atoms with Crippen LogP contribution >= 0.6 is 11.6 Å². The van der Waals surface area contributed by atoms with E-state index in [4.69, 9.17) is 11.6 Å². The number of nitrogens with zero attached hydrogens (tertiary/aromatic N) is 1. The maximum absolute atomic E-state index is 13.5. The summed E-state index contributed by atoms with van der Waals surface area (Å²) in [6.07, 6.45) is 0. The molecule has 0 aliphatic rings. The van der Waals surface area contributed by atoms with Crippen molar-refractivity contribution in [3.05, 3.63) is 34.6 Å². The standard InChI is InChI=1S/C13H16ClFN2O2/c1-3-17(4-2)11(18)8-16-13(19)12-9(14)6-5-7-10(12)15/h5-7H,3-4,8H2,1-2H3,(H,16,19). The normalized spacial score (nSPS) is 10.1. The van der Waals surface area contributed by atoms with Gasteiger partial charge in [0.25, 0.3) is 5.91 Å². The minimum atomic E-state index is -0.708. The van der Waals surface area contributed by atoms with Crippen molar-refractivity contribution in [3.8, 4) is 0 Å². The van der Waals surface area contributed by atoms with Gasteiger partial charge in [-0.15, -0.1) is 0 Å². The van der Waals surface area contributed by atoms with Crippen LogP contribution in [-0.4, -0.2) is 36.3 Å². The van der Waals surface area contributed by atoms with Crippen LogP contribution in [0.25, 0.3) is 0 Å². The summed E-state index contributed by atoms with van der Waals surface area (Å²) >= 11 is 5.76. The molecule has 0 saturated heterocycles. The number of benzene rings is 1. The van der Waals surface area contributed by atoms with E-state index in [-0.39, 0.29) is 23.0 Å². The average Bonchev–Trinajstić information content (AvgIpc) is 2.37. The van der Waals surface area contributed by atoms with E-state index in [1.54, 1.807) is 4.90 Å². The molecule has 0 bridgehead atoms. The third kappa shape index (κ3) is 3.92. The number of amides is 2. The van der Waals surface area contributed by atoms with Crippen LogP contribution in [0.5, 0.6) is 0 Å². The van der Waals surface area contributed by atoms with Gasteiger partial charge in [-0.05, 0) is 26.0 Å². The van der Waals surface area contributed by atoms with E-state index in [1.165, 1.54) is 12.1 Å². The van der Waals surface area contributed by atoms with Gasteiger partial charge in [-0.1, -0.05) is 17.7 Å². The largest absolute Gasteiger partial charge is 0.343 e. The number of halogens is 2. The first-order valence-corrected chi connectivity index (χ1v) is 6.39. The van der Waals surface area contributed by atoms with Crippen LogP contribution in [0.2, 0.25) is 5.02 Å².